The Kier molecular flexibility index (Phi) is 4.18. The number of carbonyl (C=O) groups is 1. The lowest BCUT2D eigenvalue weighted by atomic mass is 10.2. The van der Waals surface area contributed by atoms with Crippen LogP contribution in [0.2, 0.25) is 0 Å². The van der Waals surface area contributed by atoms with Crippen molar-refractivity contribution in [2.75, 3.05) is 18.4 Å². The van der Waals surface area contributed by atoms with Crippen molar-refractivity contribution in [2.24, 2.45) is 0 Å². The zero-order valence-corrected chi connectivity index (χ0v) is 13.7. The van der Waals surface area contributed by atoms with E-state index in [1.54, 1.807) is 12.1 Å². The minimum absolute atomic E-state index is 0.0224. The molecule has 1 amide bonds. The highest BCUT2D eigenvalue weighted by Crippen LogP contribution is 2.29. The maximum Gasteiger partial charge on any atom is 0.254 e. The number of nitrogens with zero attached hydrogens (tertiary/aromatic N) is 2. The van der Waals surface area contributed by atoms with E-state index in [-0.39, 0.29) is 5.56 Å². The predicted molar refractivity (Wildman–Crippen MR) is 96.5 cm³/mol. The van der Waals surface area contributed by atoms with Gasteiger partial charge in [0.05, 0.1) is 5.56 Å². The van der Waals surface area contributed by atoms with E-state index < -0.39 is 11.7 Å². The van der Waals surface area contributed by atoms with Crippen molar-refractivity contribution >= 4 is 33.8 Å². The molecule has 4 aromatic rings. The Bertz CT molecular complexity index is 1090. The number of furan rings is 1. The molecule has 0 aliphatic rings. The van der Waals surface area contributed by atoms with E-state index >= 15 is 0 Å². The van der Waals surface area contributed by atoms with Crippen LogP contribution in [0.1, 0.15) is 10.4 Å². The summed E-state index contributed by atoms with van der Waals surface area (Å²) in [5, 5.41) is 6.70. The van der Waals surface area contributed by atoms with Crippen LogP contribution in [0.15, 0.2) is 59.3 Å². The van der Waals surface area contributed by atoms with Crippen LogP contribution in [-0.2, 0) is 0 Å². The minimum Gasteiger partial charge on any atom is -0.450 e. The molecule has 0 unspecified atom stereocenters. The maximum absolute atomic E-state index is 13.6. The Morgan fingerprint density at radius 3 is 2.73 bits per heavy atom. The van der Waals surface area contributed by atoms with Gasteiger partial charge in [0.25, 0.3) is 5.91 Å². The van der Waals surface area contributed by atoms with Crippen LogP contribution in [0.3, 0.4) is 0 Å². The lowest BCUT2D eigenvalue weighted by molar-refractivity contribution is 0.0951. The number of anilines is 1. The molecular formula is C19H15FN4O2. The third-order valence-electron chi connectivity index (χ3n) is 3.98. The molecule has 2 aromatic carbocycles. The summed E-state index contributed by atoms with van der Waals surface area (Å²) in [7, 11) is 0. The van der Waals surface area contributed by atoms with Crippen LogP contribution >= 0.6 is 0 Å². The summed E-state index contributed by atoms with van der Waals surface area (Å²) in [5.41, 5.74) is 2.05. The van der Waals surface area contributed by atoms with Gasteiger partial charge in [-0.3, -0.25) is 4.79 Å². The first kappa shape index (κ1) is 16.0. The van der Waals surface area contributed by atoms with Crippen LogP contribution in [0.25, 0.3) is 22.1 Å². The number of fused-ring (bicyclic) bond motifs is 3. The van der Waals surface area contributed by atoms with Crippen molar-refractivity contribution in [3.63, 3.8) is 0 Å². The Morgan fingerprint density at radius 2 is 1.85 bits per heavy atom. The predicted octanol–water partition coefficient (Wildman–Crippen LogP) is 3.36. The number of rotatable bonds is 5. The fraction of sp³-hybridized carbons (Fsp3) is 0.105. The standard InChI is InChI=1S/C19H15FN4O2/c20-14-7-3-1-5-12(14)19(25)22-10-9-21-18-17-16(23-11-24-18)13-6-2-4-8-15(13)26-17/h1-8,11H,9-10H2,(H,22,25)(H,21,23,24). The molecule has 0 saturated heterocycles. The van der Waals surface area contributed by atoms with Gasteiger partial charge in [0.15, 0.2) is 11.4 Å². The second-order valence-corrected chi connectivity index (χ2v) is 5.66. The summed E-state index contributed by atoms with van der Waals surface area (Å²) >= 11 is 0. The maximum atomic E-state index is 13.6. The molecular weight excluding hydrogens is 335 g/mol. The summed E-state index contributed by atoms with van der Waals surface area (Å²) in [6, 6.07) is 13.5. The molecule has 0 saturated carbocycles. The molecule has 0 radical (unpaired) electrons. The van der Waals surface area contributed by atoms with E-state index in [4.69, 9.17) is 4.42 Å². The van der Waals surface area contributed by atoms with E-state index in [9.17, 15) is 9.18 Å². The topological polar surface area (TPSA) is 80.0 Å². The first-order valence-corrected chi connectivity index (χ1v) is 8.13. The zero-order chi connectivity index (χ0) is 17.9. The van der Waals surface area contributed by atoms with Gasteiger partial charge in [-0.25, -0.2) is 14.4 Å². The molecule has 2 aromatic heterocycles. The van der Waals surface area contributed by atoms with Gasteiger partial charge in [0.1, 0.15) is 23.2 Å². The summed E-state index contributed by atoms with van der Waals surface area (Å²) in [6.07, 6.45) is 1.46. The Balaban J connectivity index is 1.44. The number of amides is 1. The highest BCUT2D eigenvalue weighted by molar-refractivity contribution is 6.05. The van der Waals surface area contributed by atoms with Gasteiger partial charge in [-0.15, -0.1) is 0 Å². The fourth-order valence-electron chi connectivity index (χ4n) is 2.75. The van der Waals surface area contributed by atoms with Crippen LogP contribution in [0.4, 0.5) is 10.2 Å². The van der Waals surface area contributed by atoms with Crippen molar-refractivity contribution in [2.45, 2.75) is 0 Å². The quantitative estimate of drug-likeness (QED) is 0.540. The molecule has 6 nitrogen and oxygen atoms in total. The first-order chi connectivity index (χ1) is 12.7. The monoisotopic (exact) mass is 350 g/mol. The molecule has 4 rings (SSSR count). The van der Waals surface area contributed by atoms with Crippen molar-refractivity contribution in [3.8, 4) is 0 Å². The van der Waals surface area contributed by atoms with Crippen molar-refractivity contribution in [3.05, 3.63) is 66.2 Å². The normalized spacial score (nSPS) is 11.0. The van der Waals surface area contributed by atoms with Crippen molar-refractivity contribution in [1.29, 1.82) is 0 Å². The molecule has 0 aliphatic heterocycles. The molecule has 0 atom stereocenters. The third kappa shape index (κ3) is 2.95. The van der Waals surface area contributed by atoms with Crippen LogP contribution in [0.5, 0.6) is 0 Å². The Hall–Kier alpha value is -3.48. The van der Waals surface area contributed by atoms with Crippen molar-refractivity contribution < 1.29 is 13.6 Å². The molecule has 0 fully saturated rings. The van der Waals surface area contributed by atoms with E-state index in [1.807, 2.05) is 24.3 Å². The van der Waals surface area contributed by atoms with Gasteiger partial charge >= 0.3 is 0 Å². The van der Waals surface area contributed by atoms with Gasteiger partial charge in [-0.05, 0) is 24.3 Å². The molecule has 0 spiro atoms. The van der Waals surface area contributed by atoms with Gasteiger partial charge in [-0.1, -0.05) is 24.3 Å². The fourth-order valence-corrected chi connectivity index (χ4v) is 2.75. The summed E-state index contributed by atoms with van der Waals surface area (Å²) < 4.78 is 19.4. The SMILES string of the molecule is O=C(NCCNc1ncnc2c1oc1ccccc12)c1ccccc1F. The molecule has 0 bridgehead atoms. The van der Waals surface area contributed by atoms with E-state index in [0.29, 0.717) is 24.5 Å². The second kappa shape index (κ2) is 6.79. The lowest BCUT2D eigenvalue weighted by Gasteiger charge is -2.08. The lowest BCUT2D eigenvalue weighted by Crippen LogP contribution is -2.29. The van der Waals surface area contributed by atoms with Gasteiger partial charge in [0.2, 0.25) is 0 Å². The molecule has 26 heavy (non-hydrogen) atoms. The van der Waals surface area contributed by atoms with Crippen LogP contribution < -0.4 is 10.6 Å². The van der Waals surface area contributed by atoms with Gasteiger partial charge < -0.3 is 15.1 Å². The minimum atomic E-state index is -0.544. The van der Waals surface area contributed by atoms with E-state index in [1.165, 1.54) is 18.5 Å². The number of benzene rings is 2. The number of carbonyl (C=O) groups excluding carboxylic acids is 1. The van der Waals surface area contributed by atoms with Crippen molar-refractivity contribution in [1.82, 2.24) is 15.3 Å². The number of para-hydroxylation sites is 1. The number of aromatic nitrogens is 2. The third-order valence-corrected chi connectivity index (χ3v) is 3.98. The Labute approximate surface area is 148 Å². The highest BCUT2D eigenvalue weighted by atomic mass is 19.1. The highest BCUT2D eigenvalue weighted by Gasteiger charge is 2.13. The number of nitrogens with one attached hydrogen (secondary N) is 2. The Morgan fingerprint density at radius 1 is 1.04 bits per heavy atom. The number of hydrogen-bond acceptors (Lipinski definition) is 5. The summed E-state index contributed by atoms with van der Waals surface area (Å²) in [6.45, 7) is 0.711. The van der Waals surface area contributed by atoms with Gasteiger partial charge in [0, 0.05) is 18.5 Å². The molecule has 2 heterocycles. The number of halogens is 1. The average Bonchev–Trinajstić information content (AvgIpc) is 3.05. The largest absolute Gasteiger partial charge is 0.450 e. The summed E-state index contributed by atoms with van der Waals surface area (Å²) in [4.78, 5) is 20.5. The van der Waals surface area contributed by atoms with E-state index in [2.05, 4.69) is 20.6 Å². The molecule has 2 N–H and O–H groups in total. The molecule has 130 valence electrons. The average molecular weight is 350 g/mol. The number of hydrogen-bond donors (Lipinski definition) is 2. The molecule has 7 heteroatoms. The van der Waals surface area contributed by atoms with E-state index in [0.717, 1.165) is 16.5 Å². The summed E-state index contributed by atoms with van der Waals surface area (Å²) in [5.74, 6) is -0.453. The van der Waals surface area contributed by atoms with Crippen LogP contribution in [-0.4, -0.2) is 29.0 Å². The smallest absolute Gasteiger partial charge is 0.254 e. The molecule has 0 aliphatic carbocycles. The van der Waals surface area contributed by atoms with Gasteiger partial charge in [-0.2, -0.15) is 0 Å². The first-order valence-electron chi connectivity index (χ1n) is 8.13. The van der Waals surface area contributed by atoms with Crippen LogP contribution in [0, 0.1) is 5.82 Å². The zero-order valence-electron chi connectivity index (χ0n) is 13.7. The second-order valence-electron chi connectivity index (χ2n) is 5.66.